The fourth-order valence-corrected chi connectivity index (χ4v) is 5.31. The number of hydrogen-bond donors (Lipinski definition) is 0. The largest absolute Gasteiger partial charge is 0.339 e. The van der Waals surface area contributed by atoms with E-state index in [1.54, 1.807) is 0 Å². The second-order valence-electron chi connectivity index (χ2n) is 9.54. The Hall–Kier alpha value is -1.43. The third-order valence-electron chi connectivity index (χ3n) is 7.35. The molecule has 1 saturated carbocycles. The molecule has 2 aliphatic heterocycles. The summed E-state index contributed by atoms with van der Waals surface area (Å²) in [6, 6.07) is 10.7. The van der Waals surface area contributed by atoms with E-state index >= 15 is 0 Å². The number of hydrogen-bond acceptors (Lipinski definition) is 4. The van der Waals surface area contributed by atoms with Crippen LogP contribution in [0, 0.1) is 5.92 Å². The lowest BCUT2D eigenvalue weighted by Crippen LogP contribution is -2.54. The Morgan fingerprint density at radius 1 is 0.767 bits per heavy atom. The van der Waals surface area contributed by atoms with Gasteiger partial charge in [0.25, 0.3) is 0 Å². The van der Waals surface area contributed by atoms with Gasteiger partial charge in [-0.15, -0.1) is 0 Å². The van der Waals surface area contributed by atoms with Gasteiger partial charge in [0, 0.05) is 65.4 Å². The molecule has 0 unspecified atom stereocenters. The molecular formula is C25H40N4O. The van der Waals surface area contributed by atoms with Gasteiger partial charge in [0.2, 0.25) is 5.91 Å². The maximum atomic E-state index is 12.8. The summed E-state index contributed by atoms with van der Waals surface area (Å²) in [5.74, 6) is 1.24. The second-order valence-corrected chi connectivity index (χ2v) is 9.54. The number of carbonyl (C=O) groups excluding carboxylic acids is 1. The molecule has 1 aromatic rings. The Balaban J connectivity index is 1.11. The van der Waals surface area contributed by atoms with Crippen molar-refractivity contribution in [2.24, 2.45) is 5.92 Å². The molecule has 0 N–H and O–H groups in total. The highest BCUT2D eigenvalue weighted by atomic mass is 16.2. The van der Waals surface area contributed by atoms with Gasteiger partial charge in [0.05, 0.1) is 6.54 Å². The smallest absolute Gasteiger partial charge is 0.236 e. The van der Waals surface area contributed by atoms with Crippen LogP contribution in [-0.2, 0) is 11.2 Å². The molecule has 4 rings (SSSR count). The summed E-state index contributed by atoms with van der Waals surface area (Å²) in [7, 11) is 0. The highest BCUT2D eigenvalue weighted by molar-refractivity contribution is 5.78. The van der Waals surface area contributed by atoms with Gasteiger partial charge < -0.3 is 9.80 Å². The lowest BCUT2D eigenvalue weighted by Gasteiger charge is -2.39. The molecule has 2 saturated heterocycles. The minimum atomic E-state index is 0.338. The van der Waals surface area contributed by atoms with Crippen molar-refractivity contribution in [1.29, 1.82) is 0 Å². The first-order valence-electron chi connectivity index (χ1n) is 12.2. The molecule has 5 heteroatoms. The van der Waals surface area contributed by atoms with Crippen molar-refractivity contribution in [3.05, 3.63) is 35.9 Å². The van der Waals surface area contributed by atoms with E-state index in [0.717, 1.165) is 71.2 Å². The van der Waals surface area contributed by atoms with E-state index in [9.17, 15) is 4.79 Å². The summed E-state index contributed by atoms with van der Waals surface area (Å²) in [5, 5.41) is 0. The van der Waals surface area contributed by atoms with Crippen LogP contribution in [0.1, 0.15) is 37.7 Å². The number of amides is 1. The average molecular weight is 413 g/mol. The number of rotatable bonds is 7. The zero-order valence-corrected chi connectivity index (χ0v) is 18.7. The molecule has 0 bridgehead atoms. The van der Waals surface area contributed by atoms with E-state index in [0.29, 0.717) is 12.5 Å². The Morgan fingerprint density at radius 2 is 1.40 bits per heavy atom. The molecule has 3 fully saturated rings. The van der Waals surface area contributed by atoms with Gasteiger partial charge in [-0.05, 0) is 30.7 Å². The fourth-order valence-electron chi connectivity index (χ4n) is 5.31. The van der Waals surface area contributed by atoms with Crippen molar-refractivity contribution in [2.75, 3.05) is 72.0 Å². The lowest BCUT2D eigenvalue weighted by atomic mass is 9.89. The molecule has 0 aromatic heterocycles. The standard InChI is InChI=1S/C25H40N4O/c30-25(29-19-17-27(18-20-29)21-24-9-5-2-6-10-24)22-28-15-13-26(14-16-28)12-11-23-7-3-1-4-8-23/h1,3-4,7-8,24H,2,5-6,9-22H2. The van der Waals surface area contributed by atoms with E-state index in [2.05, 4.69) is 49.9 Å². The highest BCUT2D eigenvalue weighted by Gasteiger charge is 2.26. The SMILES string of the molecule is O=C(CN1CCN(CCc2ccccc2)CC1)N1CCN(CC2CCCCC2)CC1. The lowest BCUT2D eigenvalue weighted by molar-refractivity contribution is -0.134. The summed E-state index contributed by atoms with van der Waals surface area (Å²) >= 11 is 0. The minimum Gasteiger partial charge on any atom is -0.339 e. The Labute approximate surface area is 183 Å². The van der Waals surface area contributed by atoms with Crippen LogP contribution in [0.25, 0.3) is 0 Å². The van der Waals surface area contributed by atoms with Gasteiger partial charge in [-0.25, -0.2) is 0 Å². The normalized spacial score (nSPS) is 23.0. The van der Waals surface area contributed by atoms with Crippen LogP contribution in [0.4, 0.5) is 0 Å². The molecule has 3 aliphatic rings. The van der Waals surface area contributed by atoms with E-state index in [1.165, 1.54) is 44.2 Å². The number of carbonyl (C=O) groups is 1. The van der Waals surface area contributed by atoms with Crippen LogP contribution in [0.3, 0.4) is 0 Å². The summed E-state index contributed by atoms with van der Waals surface area (Å²) in [6.45, 7) is 11.1. The molecule has 1 aromatic carbocycles. The maximum Gasteiger partial charge on any atom is 0.236 e. The third kappa shape index (κ3) is 6.53. The predicted octanol–water partition coefficient (Wildman–Crippen LogP) is 2.57. The summed E-state index contributed by atoms with van der Waals surface area (Å²) in [4.78, 5) is 22.4. The number of piperazine rings is 2. The Morgan fingerprint density at radius 3 is 2.10 bits per heavy atom. The van der Waals surface area contributed by atoms with E-state index in [1.807, 2.05) is 0 Å². The van der Waals surface area contributed by atoms with Crippen LogP contribution in [0.15, 0.2) is 30.3 Å². The summed E-state index contributed by atoms with van der Waals surface area (Å²) < 4.78 is 0. The molecule has 166 valence electrons. The van der Waals surface area contributed by atoms with Gasteiger partial charge in [-0.1, -0.05) is 49.6 Å². The zero-order chi connectivity index (χ0) is 20.6. The van der Waals surface area contributed by atoms with Gasteiger partial charge in [-0.2, -0.15) is 0 Å². The quantitative estimate of drug-likeness (QED) is 0.689. The molecule has 1 amide bonds. The summed E-state index contributed by atoms with van der Waals surface area (Å²) in [6.07, 6.45) is 8.21. The van der Waals surface area contributed by atoms with Gasteiger partial charge >= 0.3 is 0 Å². The summed E-state index contributed by atoms with van der Waals surface area (Å²) in [5.41, 5.74) is 1.41. The highest BCUT2D eigenvalue weighted by Crippen LogP contribution is 2.24. The average Bonchev–Trinajstić information content (AvgIpc) is 2.80. The van der Waals surface area contributed by atoms with E-state index < -0.39 is 0 Å². The minimum absolute atomic E-state index is 0.338. The van der Waals surface area contributed by atoms with Crippen molar-refractivity contribution >= 4 is 5.91 Å². The van der Waals surface area contributed by atoms with Crippen molar-refractivity contribution in [3.63, 3.8) is 0 Å². The van der Waals surface area contributed by atoms with Crippen LogP contribution < -0.4 is 0 Å². The molecule has 0 atom stereocenters. The number of nitrogens with zero attached hydrogens (tertiary/aromatic N) is 4. The van der Waals surface area contributed by atoms with Crippen LogP contribution in [0.5, 0.6) is 0 Å². The predicted molar refractivity (Wildman–Crippen MR) is 123 cm³/mol. The van der Waals surface area contributed by atoms with Gasteiger partial charge in [0.1, 0.15) is 0 Å². The molecule has 2 heterocycles. The van der Waals surface area contributed by atoms with Crippen LogP contribution in [0.2, 0.25) is 0 Å². The Kier molecular flexibility index (Phi) is 8.18. The van der Waals surface area contributed by atoms with Crippen molar-refractivity contribution in [2.45, 2.75) is 38.5 Å². The van der Waals surface area contributed by atoms with E-state index in [4.69, 9.17) is 0 Å². The molecule has 0 spiro atoms. The van der Waals surface area contributed by atoms with Crippen molar-refractivity contribution in [3.8, 4) is 0 Å². The van der Waals surface area contributed by atoms with Crippen molar-refractivity contribution in [1.82, 2.24) is 19.6 Å². The molecule has 0 radical (unpaired) electrons. The first-order chi connectivity index (χ1) is 14.8. The molecule has 5 nitrogen and oxygen atoms in total. The topological polar surface area (TPSA) is 30.0 Å². The zero-order valence-electron chi connectivity index (χ0n) is 18.7. The second kappa shape index (κ2) is 11.3. The molecular weight excluding hydrogens is 372 g/mol. The van der Waals surface area contributed by atoms with Crippen LogP contribution >= 0.6 is 0 Å². The first kappa shape index (κ1) is 21.8. The Bertz CT molecular complexity index is 630. The van der Waals surface area contributed by atoms with Gasteiger partial charge in [0.15, 0.2) is 0 Å². The maximum absolute atomic E-state index is 12.8. The van der Waals surface area contributed by atoms with Gasteiger partial charge in [-0.3, -0.25) is 14.6 Å². The molecule has 1 aliphatic carbocycles. The van der Waals surface area contributed by atoms with Crippen LogP contribution in [-0.4, -0.2) is 97.5 Å². The van der Waals surface area contributed by atoms with Crippen molar-refractivity contribution < 1.29 is 4.79 Å². The number of benzene rings is 1. The van der Waals surface area contributed by atoms with E-state index in [-0.39, 0.29) is 0 Å². The third-order valence-corrected chi connectivity index (χ3v) is 7.35. The molecule has 30 heavy (non-hydrogen) atoms. The first-order valence-corrected chi connectivity index (χ1v) is 12.2. The monoisotopic (exact) mass is 412 g/mol. The fraction of sp³-hybridized carbons (Fsp3) is 0.720.